The van der Waals surface area contributed by atoms with E-state index >= 15 is 0 Å². The Bertz CT molecular complexity index is 751. The third kappa shape index (κ3) is 3.28. The zero-order valence-corrected chi connectivity index (χ0v) is 17.3. The van der Waals surface area contributed by atoms with Crippen molar-refractivity contribution in [1.29, 1.82) is 0 Å². The predicted molar refractivity (Wildman–Crippen MR) is 119 cm³/mol. The molecule has 1 nitrogen and oxygen atoms in total. The average molecular weight is 372 g/mol. The van der Waals surface area contributed by atoms with E-state index in [-0.39, 0.29) is 0 Å². The molecule has 1 aliphatic rings. The van der Waals surface area contributed by atoms with E-state index in [0.29, 0.717) is 17.5 Å². The Morgan fingerprint density at radius 2 is 1.07 bits per heavy atom. The highest BCUT2D eigenvalue weighted by molar-refractivity contribution is 7.12. The molecule has 3 aromatic carbocycles. The molecule has 3 aromatic rings. The third-order valence-corrected chi connectivity index (χ3v) is 12.0. The van der Waals surface area contributed by atoms with E-state index in [1.54, 1.807) is 0 Å². The van der Waals surface area contributed by atoms with E-state index in [4.69, 9.17) is 0 Å². The van der Waals surface area contributed by atoms with Gasteiger partial charge in [-0.25, -0.2) is 0 Å². The van der Waals surface area contributed by atoms with Gasteiger partial charge < -0.3 is 5.32 Å². The topological polar surface area (TPSA) is 12.0 Å². The molecule has 1 aliphatic heterocycles. The largest absolute Gasteiger partial charge is 0.314 e. The second kappa shape index (κ2) is 7.83. The molecule has 3 unspecified atom stereocenters. The molecular formula is C25H29NSi. The molecule has 0 spiro atoms. The molecule has 3 atom stereocenters. The van der Waals surface area contributed by atoms with Crippen molar-refractivity contribution < 1.29 is 0 Å². The lowest BCUT2D eigenvalue weighted by Gasteiger charge is -2.47. The number of hydrogen-bond acceptors (Lipinski definition) is 1. The molecule has 1 heterocycles. The smallest absolute Gasteiger partial charge is 0.151 e. The molecule has 2 heteroatoms. The van der Waals surface area contributed by atoms with Crippen LogP contribution in [0.3, 0.4) is 0 Å². The summed E-state index contributed by atoms with van der Waals surface area (Å²) < 4.78 is 0. The van der Waals surface area contributed by atoms with Gasteiger partial charge in [0.15, 0.2) is 8.07 Å². The molecule has 27 heavy (non-hydrogen) atoms. The van der Waals surface area contributed by atoms with E-state index in [2.05, 4.69) is 110 Å². The first-order valence-electron chi connectivity index (χ1n) is 10.1. The SMILES string of the molecule is CC1CC([Si](c2ccccc2)(c2ccccc2)c2ccccc2)C(C)CN1. The van der Waals surface area contributed by atoms with E-state index in [9.17, 15) is 0 Å². The Hall–Kier alpha value is -2.16. The first-order valence-corrected chi connectivity index (χ1v) is 12.2. The minimum atomic E-state index is -2.17. The summed E-state index contributed by atoms with van der Waals surface area (Å²) in [4.78, 5) is 0. The normalized spacial score (nSPS) is 23.1. The number of piperidine rings is 1. The van der Waals surface area contributed by atoms with Gasteiger partial charge in [0.05, 0.1) is 0 Å². The van der Waals surface area contributed by atoms with Crippen LogP contribution in [0.2, 0.25) is 5.54 Å². The van der Waals surface area contributed by atoms with Gasteiger partial charge in [0.25, 0.3) is 0 Å². The van der Waals surface area contributed by atoms with Crippen molar-refractivity contribution in [2.24, 2.45) is 5.92 Å². The molecule has 0 bridgehead atoms. The highest BCUT2D eigenvalue weighted by Gasteiger charge is 2.49. The highest BCUT2D eigenvalue weighted by atomic mass is 28.3. The van der Waals surface area contributed by atoms with Crippen molar-refractivity contribution in [3.8, 4) is 0 Å². The van der Waals surface area contributed by atoms with Crippen LogP contribution in [0.15, 0.2) is 91.0 Å². The fourth-order valence-corrected chi connectivity index (χ4v) is 11.2. The average Bonchev–Trinajstić information content (AvgIpc) is 2.73. The van der Waals surface area contributed by atoms with E-state index < -0.39 is 8.07 Å². The monoisotopic (exact) mass is 371 g/mol. The Morgan fingerprint density at radius 3 is 1.48 bits per heavy atom. The molecular weight excluding hydrogens is 342 g/mol. The van der Waals surface area contributed by atoms with E-state index in [0.717, 1.165) is 6.54 Å². The van der Waals surface area contributed by atoms with Crippen molar-refractivity contribution in [1.82, 2.24) is 5.32 Å². The van der Waals surface area contributed by atoms with Crippen molar-refractivity contribution in [2.75, 3.05) is 6.54 Å². The van der Waals surface area contributed by atoms with Crippen LogP contribution >= 0.6 is 0 Å². The Morgan fingerprint density at radius 1 is 0.667 bits per heavy atom. The van der Waals surface area contributed by atoms with E-state index in [1.807, 2.05) is 0 Å². The predicted octanol–water partition coefficient (Wildman–Crippen LogP) is 3.54. The molecule has 138 valence electrons. The van der Waals surface area contributed by atoms with Crippen molar-refractivity contribution in [2.45, 2.75) is 31.9 Å². The maximum absolute atomic E-state index is 3.71. The molecule has 4 rings (SSSR count). The number of rotatable bonds is 4. The molecule has 0 saturated carbocycles. The van der Waals surface area contributed by atoms with E-state index in [1.165, 1.54) is 22.0 Å². The van der Waals surface area contributed by atoms with Crippen molar-refractivity contribution in [3.63, 3.8) is 0 Å². The molecule has 0 aromatic heterocycles. The van der Waals surface area contributed by atoms with Crippen molar-refractivity contribution >= 4 is 23.6 Å². The summed E-state index contributed by atoms with van der Waals surface area (Å²) in [5, 5.41) is 8.32. The lowest BCUT2D eigenvalue weighted by atomic mass is 9.96. The lowest BCUT2D eigenvalue weighted by molar-refractivity contribution is 0.338. The molecule has 0 aliphatic carbocycles. The van der Waals surface area contributed by atoms with Crippen LogP contribution in [0, 0.1) is 5.92 Å². The van der Waals surface area contributed by atoms with Gasteiger partial charge in [0.2, 0.25) is 0 Å². The fraction of sp³-hybridized carbons (Fsp3) is 0.280. The van der Waals surface area contributed by atoms with Gasteiger partial charge in [-0.3, -0.25) is 0 Å². The van der Waals surface area contributed by atoms with Gasteiger partial charge >= 0.3 is 0 Å². The minimum Gasteiger partial charge on any atom is -0.314 e. The third-order valence-electron chi connectivity index (χ3n) is 6.33. The van der Waals surface area contributed by atoms with Crippen LogP contribution in [-0.2, 0) is 0 Å². The van der Waals surface area contributed by atoms with Gasteiger partial charge in [-0.15, -0.1) is 0 Å². The summed E-state index contributed by atoms with van der Waals surface area (Å²) in [5.74, 6) is 0.647. The zero-order valence-electron chi connectivity index (χ0n) is 16.3. The molecule has 0 amide bonds. The summed E-state index contributed by atoms with van der Waals surface area (Å²) in [6.45, 7) is 5.90. The standard InChI is InChI=1S/C25H29NSi/c1-20-19-26-21(2)18-25(20)27(22-12-6-3-7-13-22,23-14-8-4-9-15-23)24-16-10-5-11-17-24/h3-17,20-21,25-26H,18-19H2,1-2H3. The Kier molecular flexibility index (Phi) is 5.28. The van der Waals surface area contributed by atoms with Gasteiger partial charge in [-0.2, -0.15) is 0 Å². The highest BCUT2D eigenvalue weighted by Crippen LogP contribution is 2.36. The quantitative estimate of drug-likeness (QED) is 0.546. The van der Waals surface area contributed by atoms with Crippen molar-refractivity contribution in [3.05, 3.63) is 91.0 Å². The van der Waals surface area contributed by atoms with Crippen LogP contribution in [-0.4, -0.2) is 20.7 Å². The first-order chi connectivity index (χ1) is 13.2. The number of hydrogen-bond donors (Lipinski definition) is 1. The Labute approximate surface area is 164 Å². The molecule has 1 fully saturated rings. The molecule has 0 radical (unpaired) electrons. The summed E-state index contributed by atoms with van der Waals surface area (Å²) in [6, 6.07) is 34.6. The second-order valence-electron chi connectivity index (χ2n) is 8.03. The Balaban J connectivity index is 2.03. The van der Waals surface area contributed by atoms with Crippen LogP contribution in [0.4, 0.5) is 0 Å². The maximum Gasteiger partial charge on any atom is 0.151 e. The fourth-order valence-electron chi connectivity index (χ4n) is 5.07. The number of nitrogens with one attached hydrogen (secondary N) is 1. The first kappa shape index (κ1) is 18.2. The van der Waals surface area contributed by atoms with Gasteiger partial charge in [-0.05, 0) is 46.9 Å². The zero-order chi connectivity index (χ0) is 18.7. The summed E-state index contributed by atoms with van der Waals surface area (Å²) in [5.41, 5.74) is 0.668. The molecule has 1 N–H and O–H groups in total. The van der Waals surface area contributed by atoms with Crippen LogP contribution < -0.4 is 20.9 Å². The maximum atomic E-state index is 3.71. The minimum absolute atomic E-state index is 0.564. The second-order valence-corrected chi connectivity index (χ2v) is 12.1. The van der Waals surface area contributed by atoms with Gasteiger partial charge in [0, 0.05) is 6.04 Å². The summed E-state index contributed by atoms with van der Waals surface area (Å²) in [7, 11) is -2.17. The van der Waals surface area contributed by atoms with Crippen LogP contribution in [0.25, 0.3) is 0 Å². The molecule has 1 saturated heterocycles. The lowest BCUT2D eigenvalue weighted by Crippen LogP contribution is -2.72. The summed E-state index contributed by atoms with van der Waals surface area (Å²) in [6.07, 6.45) is 1.23. The van der Waals surface area contributed by atoms with Crippen LogP contribution in [0.5, 0.6) is 0 Å². The van der Waals surface area contributed by atoms with Gasteiger partial charge in [-0.1, -0.05) is 97.9 Å². The van der Waals surface area contributed by atoms with Gasteiger partial charge in [0.1, 0.15) is 0 Å². The van der Waals surface area contributed by atoms with Crippen LogP contribution in [0.1, 0.15) is 20.3 Å². The number of benzene rings is 3. The summed E-state index contributed by atoms with van der Waals surface area (Å²) >= 11 is 0.